The number of rotatable bonds is 5. The van der Waals surface area contributed by atoms with E-state index >= 15 is 0 Å². The third-order valence-corrected chi connectivity index (χ3v) is 4.76. The number of hydrogen-bond acceptors (Lipinski definition) is 3. The zero-order valence-electron chi connectivity index (χ0n) is 14.0. The average Bonchev–Trinajstić information content (AvgIpc) is 2.58. The first-order valence-electron chi connectivity index (χ1n) is 7.86. The number of carbonyl (C=O) groups excluding carboxylic acids is 1. The molecular weight excluding hydrogens is 372 g/mol. The summed E-state index contributed by atoms with van der Waals surface area (Å²) in [5, 5.41) is 5.21. The summed E-state index contributed by atoms with van der Waals surface area (Å²) in [4.78, 5) is 12.4. The number of anilines is 1. The standard InChI is InChI=1S/C19H17ClN2O3S/c1-26(24,25)22-15-9-10-17(18(20)11-15)19(23)21-12-14-7-4-6-13-5-2-3-8-16(13)14/h2-11,22H,12H2,1H3,(H,21,23). The summed E-state index contributed by atoms with van der Waals surface area (Å²) in [5.74, 6) is -0.325. The van der Waals surface area contributed by atoms with E-state index in [9.17, 15) is 13.2 Å². The van der Waals surface area contributed by atoms with Gasteiger partial charge in [-0.25, -0.2) is 8.42 Å². The number of fused-ring (bicyclic) bond motifs is 1. The van der Waals surface area contributed by atoms with Gasteiger partial charge in [0.1, 0.15) is 0 Å². The topological polar surface area (TPSA) is 75.3 Å². The fourth-order valence-electron chi connectivity index (χ4n) is 2.69. The molecule has 3 aromatic carbocycles. The smallest absolute Gasteiger partial charge is 0.253 e. The molecule has 0 heterocycles. The van der Waals surface area contributed by atoms with E-state index in [-0.39, 0.29) is 16.5 Å². The van der Waals surface area contributed by atoms with E-state index in [1.165, 1.54) is 18.2 Å². The zero-order valence-corrected chi connectivity index (χ0v) is 15.6. The van der Waals surface area contributed by atoms with Crippen molar-refractivity contribution in [3.63, 3.8) is 0 Å². The lowest BCUT2D eigenvalue weighted by Crippen LogP contribution is -2.23. The number of benzene rings is 3. The van der Waals surface area contributed by atoms with Gasteiger partial charge in [-0.15, -0.1) is 0 Å². The van der Waals surface area contributed by atoms with Crippen LogP contribution in [0.25, 0.3) is 10.8 Å². The molecule has 0 fully saturated rings. The van der Waals surface area contributed by atoms with Gasteiger partial charge in [0.25, 0.3) is 5.91 Å². The van der Waals surface area contributed by atoms with Crippen LogP contribution in [0.2, 0.25) is 5.02 Å². The molecule has 1 amide bonds. The molecule has 0 saturated carbocycles. The minimum Gasteiger partial charge on any atom is -0.348 e. The van der Waals surface area contributed by atoms with Crippen LogP contribution in [0.1, 0.15) is 15.9 Å². The summed E-state index contributed by atoms with van der Waals surface area (Å²) in [6.45, 7) is 0.361. The molecule has 0 unspecified atom stereocenters. The SMILES string of the molecule is CS(=O)(=O)Nc1ccc(C(=O)NCc2cccc3ccccc23)c(Cl)c1. The van der Waals surface area contributed by atoms with Crippen molar-refractivity contribution in [3.05, 3.63) is 76.8 Å². The molecule has 0 bridgehead atoms. The van der Waals surface area contributed by atoms with E-state index < -0.39 is 10.0 Å². The van der Waals surface area contributed by atoms with Crippen LogP contribution in [0.4, 0.5) is 5.69 Å². The maximum atomic E-state index is 12.4. The maximum absolute atomic E-state index is 12.4. The van der Waals surface area contributed by atoms with Crippen LogP contribution in [-0.4, -0.2) is 20.6 Å². The molecule has 3 rings (SSSR count). The first-order chi connectivity index (χ1) is 12.3. The normalized spacial score (nSPS) is 11.3. The van der Waals surface area contributed by atoms with Crippen molar-refractivity contribution in [3.8, 4) is 0 Å². The van der Waals surface area contributed by atoms with Gasteiger partial charge < -0.3 is 5.32 Å². The van der Waals surface area contributed by atoms with Crippen LogP contribution in [0.5, 0.6) is 0 Å². The van der Waals surface area contributed by atoms with Crippen molar-refractivity contribution in [2.24, 2.45) is 0 Å². The van der Waals surface area contributed by atoms with E-state index in [1.54, 1.807) is 0 Å². The average molecular weight is 389 g/mol. The minimum absolute atomic E-state index is 0.175. The van der Waals surface area contributed by atoms with Gasteiger partial charge in [0.2, 0.25) is 10.0 Å². The lowest BCUT2D eigenvalue weighted by molar-refractivity contribution is 0.0951. The molecule has 0 aliphatic heterocycles. The molecule has 7 heteroatoms. The molecule has 2 N–H and O–H groups in total. The molecule has 0 atom stereocenters. The molecule has 0 spiro atoms. The van der Waals surface area contributed by atoms with Crippen molar-refractivity contribution < 1.29 is 13.2 Å². The first-order valence-corrected chi connectivity index (χ1v) is 10.1. The Morgan fingerprint density at radius 3 is 2.50 bits per heavy atom. The van der Waals surface area contributed by atoms with Gasteiger partial charge in [-0.2, -0.15) is 0 Å². The molecule has 0 aromatic heterocycles. The molecule has 5 nitrogen and oxygen atoms in total. The minimum atomic E-state index is -3.40. The van der Waals surface area contributed by atoms with Crippen LogP contribution in [0.15, 0.2) is 60.7 Å². The maximum Gasteiger partial charge on any atom is 0.253 e. The third kappa shape index (κ3) is 4.33. The highest BCUT2D eigenvalue weighted by Crippen LogP contribution is 2.22. The predicted molar refractivity (Wildman–Crippen MR) is 105 cm³/mol. The van der Waals surface area contributed by atoms with Crippen LogP contribution in [0.3, 0.4) is 0 Å². The summed E-state index contributed by atoms with van der Waals surface area (Å²) < 4.78 is 24.8. The predicted octanol–water partition coefficient (Wildman–Crippen LogP) is 3.79. The molecule has 3 aromatic rings. The molecule has 0 radical (unpaired) electrons. The van der Waals surface area contributed by atoms with E-state index in [0.717, 1.165) is 22.6 Å². The third-order valence-electron chi connectivity index (χ3n) is 3.84. The van der Waals surface area contributed by atoms with Crippen LogP contribution < -0.4 is 10.0 Å². The number of hydrogen-bond donors (Lipinski definition) is 2. The highest BCUT2D eigenvalue weighted by Gasteiger charge is 2.12. The van der Waals surface area contributed by atoms with Gasteiger partial charge in [-0.05, 0) is 34.5 Å². The highest BCUT2D eigenvalue weighted by atomic mass is 35.5. The second kappa shape index (κ2) is 7.35. The molecule has 0 aliphatic carbocycles. The van der Waals surface area contributed by atoms with Gasteiger partial charge >= 0.3 is 0 Å². The highest BCUT2D eigenvalue weighted by molar-refractivity contribution is 7.92. The molecule has 0 saturated heterocycles. The number of nitrogens with one attached hydrogen (secondary N) is 2. The molecular formula is C19H17ClN2O3S. The Bertz CT molecular complexity index is 1080. The van der Waals surface area contributed by atoms with E-state index in [1.807, 2.05) is 42.5 Å². The Morgan fingerprint density at radius 2 is 1.77 bits per heavy atom. The molecule has 134 valence electrons. The lowest BCUT2D eigenvalue weighted by atomic mass is 10.0. The fraction of sp³-hybridized carbons (Fsp3) is 0.105. The Labute approximate surface area is 157 Å². The summed E-state index contributed by atoms with van der Waals surface area (Å²) in [6, 6.07) is 18.3. The van der Waals surface area contributed by atoms with E-state index in [0.29, 0.717) is 12.2 Å². The summed E-state index contributed by atoms with van der Waals surface area (Å²) >= 11 is 6.13. The van der Waals surface area contributed by atoms with Gasteiger partial charge in [-0.3, -0.25) is 9.52 Å². The number of carbonyl (C=O) groups is 1. The number of halogens is 1. The van der Waals surface area contributed by atoms with E-state index in [2.05, 4.69) is 10.0 Å². The number of amides is 1. The Morgan fingerprint density at radius 1 is 1.04 bits per heavy atom. The van der Waals surface area contributed by atoms with Crippen LogP contribution in [0, 0.1) is 0 Å². The van der Waals surface area contributed by atoms with Gasteiger partial charge in [-0.1, -0.05) is 54.1 Å². The van der Waals surface area contributed by atoms with Crippen molar-refractivity contribution in [2.75, 3.05) is 11.0 Å². The number of sulfonamides is 1. The second-order valence-corrected chi connectivity index (χ2v) is 8.05. The van der Waals surface area contributed by atoms with Crippen molar-refractivity contribution >= 4 is 44.0 Å². The van der Waals surface area contributed by atoms with Crippen molar-refractivity contribution in [1.29, 1.82) is 0 Å². The summed E-state index contributed by atoms with van der Waals surface area (Å²) in [7, 11) is -3.40. The first kappa shape index (κ1) is 18.2. The van der Waals surface area contributed by atoms with Crippen molar-refractivity contribution in [1.82, 2.24) is 5.32 Å². The van der Waals surface area contributed by atoms with Crippen molar-refractivity contribution in [2.45, 2.75) is 6.54 Å². The quantitative estimate of drug-likeness (QED) is 0.698. The van der Waals surface area contributed by atoms with Crippen LogP contribution >= 0.6 is 11.6 Å². The lowest BCUT2D eigenvalue weighted by Gasteiger charge is -2.11. The van der Waals surface area contributed by atoms with Gasteiger partial charge in [0.05, 0.1) is 16.8 Å². The van der Waals surface area contributed by atoms with Gasteiger partial charge in [0, 0.05) is 12.2 Å². The molecule has 0 aliphatic rings. The largest absolute Gasteiger partial charge is 0.348 e. The van der Waals surface area contributed by atoms with Crippen LogP contribution in [-0.2, 0) is 16.6 Å². The fourth-order valence-corrected chi connectivity index (χ4v) is 3.52. The van der Waals surface area contributed by atoms with E-state index in [4.69, 9.17) is 11.6 Å². The Balaban J connectivity index is 1.76. The zero-order chi connectivity index (χ0) is 18.7. The monoisotopic (exact) mass is 388 g/mol. The summed E-state index contributed by atoms with van der Waals surface area (Å²) in [5.41, 5.74) is 1.59. The van der Waals surface area contributed by atoms with Gasteiger partial charge in [0.15, 0.2) is 0 Å². The Kier molecular flexibility index (Phi) is 5.15. The summed E-state index contributed by atoms with van der Waals surface area (Å²) in [6.07, 6.45) is 1.05. The Hall–Kier alpha value is -2.57. The second-order valence-electron chi connectivity index (χ2n) is 5.89. The molecule has 26 heavy (non-hydrogen) atoms.